The molecule has 0 radical (unpaired) electrons. The Balaban J connectivity index is 0.00000128. The highest BCUT2D eigenvalue weighted by atomic mass is 35.5. The molecule has 0 aromatic carbocycles. The zero-order chi connectivity index (χ0) is 10.5. The maximum atomic E-state index is 5.98. The van der Waals surface area contributed by atoms with E-state index in [0.29, 0.717) is 12.2 Å². The Morgan fingerprint density at radius 1 is 1.19 bits per heavy atom. The Morgan fingerprint density at radius 2 is 2.00 bits per heavy atom. The van der Waals surface area contributed by atoms with Crippen molar-refractivity contribution in [1.29, 1.82) is 0 Å². The van der Waals surface area contributed by atoms with Crippen molar-refractivity contribution in [3.05, 3.63) is 0 Å². The summed E-state index contributed by atoms with van der Waals surface area (Å²) < 4.78 is 11.4. The van der Waals surface area contributed by atoms with Crippen LogP contribution in [0, 0.1) is 5.92 Å². The van der Waals surface area contributed by atoms with E-state index < -0.39 is 0 Å². The number of methoxy groups -OCH3 is 1. The fourth-order valence-corrected chi connectivity index (χ4v) is 2.60. The molecule has 0 bridgehead atoms. The predicted octanol–water partition coefficient (Wildman–Crippen LogP) is 1.99. The molecule has 2 rings (SSSR count). The first-order valence-corrected chi connectivity index (χ1v) is 6.23. The lowest BCUT2D eigenvalue weighted by Crippen LogP contribution is -2.29. The predicted molar refractivity (Wildman–Crippen MR) is 67.2 cm³/mol. The lowest BCUT2D eigenvalue weighted by Gasteiger charge is -2.28. The van der Waals surface area contributed by atoms with Crippen molar-refractivity contribution in [3.8, 4) is 0 Å². The summed E-state index contributed by atoms with van der Waals surface area (Å²) in [7, 11) is 1.81. The summed E-state index contributed by atoms with van der Waals surface area (Å²) in [5, 5.41) is 3.38. The van der Waals surface area contributed by atoms with E-state index >= 15 is 0 Å². The van der Waals surface area contributed by atoms with Gasteiger partial charge in [-0.2, -0.15) is 0 Å². The van der Waals surface area contributed by atoms with Gasteiger partial charge in [-0.05, 0) is 44.6 Å². The Bertz CT molecular complexity index is 186. The molecule has 0 amide bonds. The summed E-state index contributed by atoms with van der Waals surface area (Å²) in [6.07, 6.45) is 6.94. The van der Waals surface area contributed by atoms with Crippen LogP contribution in [-0.2, 0) is 9.47 Å². The largest absolute Gasteiger partial charge is 0.381 e. The van der Waals surface area contributed by atoms with Crippen molar-refractivity contribution in [2.24, 2.45) is 5.92 Å². The van der Waals surface area contributed by atoms with Gasteiger partial charge in [-0.25, -0.2) is 0 Å². The van der Waals surface area contributed by atoms with Gasteiger partial charge in [-0.15, -0.1) is 12.4 Å². The first-order valence-electron chi connectivity index (χ1n) is 6.23. The fourth-order valence-electron chi connectivity index (χ4n) is 2.60. The van der Waals surface area contributed by atoms with Crippen molar-refractivity contribution in [2.45, 2.75) is 44.3 Å². The molecule has 16 heavy (non-hydrogen) atoms. The van der Waals surface area contributed by atoms with Crippen LogP contribution in [0.1, 0.15) is 32.1 Å². The summed E-state index contributed by atoms with van der Waals surface area (Å²) in [6.45, 7) is 3.24. The van der Waals surface area contributed by atoms with Crippen molar-refractivity contribution in [3.63, 3.8) is 0 Å². The normalized spacial score (nSPS) is 34.7. The summed E-state index contributed by atoms with van der Waals surface area (Å²) in [4.78, 5) is 0. The maximum Gasteiger partial charge on any atom is 0.0600 e. The van der Waals surface area contributed by atoms with Crippen molar-refractivity contribution < 1.29 is 9.47 Å². The average Bonchev–Trinajstić information content (AvgIpc) is 2.79. The zero-order valence-corrected chi connectivity index (χ0v) is 10.9. The molecule has 96 valence electrons. The molecule has 3 atom stereocenters. The van der Waals surface area contributed by atoms with Crippen molar-refractivity contribution >= 4 is 12.4 Å². The van der Waals surface area contributed by atoms with E-state index in [1.807, 2.05) is 7.11 Å². The van der Waals surface area contributed by atoms with E-state index in [4.69, 9.17) is 9.47 Å². The van der Waals surface area contributed by atoms with Gasteiger partial charge in [0.1, 0.15) is 0 Å². The molecule has 1 N–H and O–H groups in total. The highest BCUT2D eigenvalue weighted by Crippen LogP contribution is 2.24. The van der Waals surface area contributed by atoms with Crippen LogP contribution in [0.25, 0.3) is 0 Å². The minimum absolute atomic E-state index is 0. The average molecular weight is 250 g/mol. The van der Waals surface area contributed by atoms with Crippen molar-refractivity contribution in [1.82, 2.24) is 5.32 Å². The van der Waals surface area contributed by atoms with Crippen LogP contribution in [0.4, 0.5) is 0 Å². The monoisotopic (exact) mass is 249 g/mol. The molecule has 3 unspecified atom stereocenters. The van der Waals surface area contributed by atoms with E-state index in [1.54, 1.807) is 0 Å². The number of hydrogen-bond acceptors (Lipinski definition) is 3. The fraction of sp³-hybridized carbons (Fsp3) is 1.00. The van der Waals surface area contributed by atoms with Gasteiger partial charge in [0.25, 0.3) is 0 Å². The number of halogens is 1. The summed E-state index contributed by atoms with van der Waals surface area (Å²) in [5.74, 6) is 0.743. The van der Waals surface area contributed by atoms with E-state index in [1.165, 1.54) is 32.2 Å². The Labute approximate surface area is 105 Å². The van der Waals surface area contributed by atoms with Crippen LogP contribution >= 0.6 is 12.4 Å². The van der Waals surface area contributed by atoms with E-state index in [-0.39, 0.29) is 12.4 Å². The van der Waals surface area contributed by atoms with Crippen LogP contribution in [0.2, 0.25) is 0 Å². The van der Waals surface area contributed by atoms with Gasteiger partial charge < -0.3 is 14.8 Å². The first-order chi connectivity index (χ1) is 7.38. The molecule has 1 aliphatic heterocycles. The quantitative estimate of drug-likeness (QED) is 0.827. The molecular weight excluding hydrogens is 226 g/mol. The first kappa shape index (κ1) is 14.2. The highest BCUT2D eigenvalue weighted by molar-refractivity contribution is 5.85. The van der Waals surface area contributed by atoms with Gasteiger partial charge in [-0.3, -0.25) is 0 Å². The molecule has 1 heterocycles. The molecule has 1 saturated carbocycles. The Morgan fingerprint density at radius 3 is 2.69 bits per heavy atom. The summed E-state index contributed by atoms with van der Waals surface area (Å²) in [5.41, 5.74) is 0. The molecule has 2 fully saturated rings. The molecule has 1 saturated heterocycles. The van der Waals surface area contributed by atoms with Crippen LogP contribution in [0.15, 0.2) is 0 Å². The number of nitrogens with one attached hydrogen (secondary N) is 1. The van der Waals surface area contributed by atoms with Crippen LogP contribution < -0.4 is 5.32 Å². The third kappa shape index (κ3) is 4.21. The highest BCUT2D eigenvalue weighted by Gasteiger charge is 2.23. The van der Waals surface area contributed by atoms with Gasteiger partial charge in [0.15, 0.2) is 0 Å². The van der Waals surface area contributed by atoms with Gasteiger partial charge in [0, 0.05) is 13.7 Å². The smallest absolute Gasteiger partial charge is 0.0600 e. The van der Waals surface area contributed by atoms with Gasteiger partial charge >= 0.3 is 0 Å². The molecule has 4 heteroatoms. The Hall–Kier alpha value is 0.170. The number of ether oxygens (including phenoxy) is 2. The van der Waals surface area contributed by atoms with E-state index in [9.17, 15) is 0 Å². The zero-order valence-electron chi connectivity index (χ0n) is 10.1. The minimum atomic E-state index is 0. The topological polar surface area (TPSA) is 30.5 Å². The van der Waals surface area contributed by atoms with Crippen molar-refractivity contribution in [2.75, 3.05) is 26.8 Å². The molecule has 0 spiro atoms. The van der Waals surface area contributed by atoms with Gasteiger partial charge in [-0.1, -0.05) is 0 Å². The molecule has 0 aromatic heterocycles. The van der Waals surface area contributed by atoms with E-state index in [0.717, 1.165) is 25.5 Å². The molecule has 1 aliphatic carbocycles. The van der Waals surface area contributed by atoms with Crippen LogP contribution in [-0.4, -0.2) is 39.0 Å². The summed E-state index contributed by atoms with van der Waals surface area (Å²) in [6, 6.07) is 0. The second-order valence-corrected chi connectivity index (χ2v) is 4.84. The van der Waals surface area contributed by atoms with Crippen LogP contribution in [0.3, 0.4) is 0 Å². The lowest BCUT2D eigenvalue weighted by atomic mass is 9.95. The van der Waals surface area contributed by atoms with Gasteiger partial charge in [0.2, 0.25) is 0 Å². The van der Waals surface area contributed by atoms with Crippen LogP contribution in [0.5, 0.6) is 0 Å². The summed E-state index contributed by atoms with van der Waals surface area (Å²) >= 11 is 0. The molecule has 2 aliphatic rings. The minimum Gasteiger partial charge on any atom is -0.381 e. The number of hydrogen-bond donors (Lipinski definition) is 1. The lowest BCUT2D eigenvalue weighted by molar-refractivity contribution is -0.0382. The second kappa shape index (κ2) is 7.49. The number of rotatable bonds is 4. The SMILES string of the molecule is COC1CCCC(OCC2CCNC2)C1.Cl. The molecule has 3 nitrogen and oxygen atoms in total. The Kier molecular flexibility index (Phi) is 6.66. The van der Waals surface area contributed by atoms with Gasteiger partial charge in [0.05, 0.1) is 18.8 Å². The molecular formula is C12H24ClNO2. The second-order valence-electron chi connectivity index (χ2n) is 4.84. The van der Waals surface area contributed by atoms with E-state index in [2.05, 4.69) is 5.32 Å². The third-order valence-corrected chi connectivity index (χ3v) is 3.64. The maximum absolute atomic E-state index is 5.98. The standard InChI is InChI=1S/C12H23NO2.ClH/c1-14-11-3-2-4-12(7-11)15-9-10-5-6-13-8-10;/h10-13H,2-9H2,1H3;1H. The molecule has 0 aromatic rings. The third-order valence-electron chi connectivity index (χ3n) is 3.64.